The van der Waals surface area contributed by atoms with E-state index in [0.29, 0.717) is 0 Å². The van der Waals surface area contributed by atoms with Gasteiger partial charge in [0.25, 0.3) is 0 Å². The summed E-state index contributed by atoms with van der Waals surface area (Å²) in [5.74, 6) is 0.968. The van der Waals surface area contributed by atoms with Gasteiger partial charge in [-0.15, -0.1) is 0 Å². The third kappa shape index (κ3) is 15.5. The highest BCUT2D eigenvalue weighted by Gasteiger charge is 1.97. The molecule has 1 unspecified atom stereocenters. The van der Waals surface area contributed by atoms with Crippen molar-refractivity contribution in [3.8, 4) is 0 Å². The predicted octanol–water partition coefficient (Wildman–Crippen LogP) is 6.92. The molecule has 0 aliphatic heterocycles. The van der Waals surface area contributed by atoms with Crippen molar-refractivity contribution >= 4 is 0 Å². The van der Waals surface area contributed by atoms with Crippen LogP contribution in [0.1, 0.15) is 87.5 Å². The Balaban J connectivity index is 0. The summed E-state index contributed by atoms with van der Waals surface area (Å²) >= 11 is 0. The van der Waals surface area contributed by atoms with Crippen molar-refractivity contribution in [1.29, 1.82) is 0 Å². The maximum absolute atomic E-state index is 2.36. The lowest BCUT2D eigenvalue weighted by atomic mass is 10.00. The molecule has 0 bridgehead atoms. The molecule has 0 radical (unpaired) electrons. The van der Waals surface area contributed by atoms with Crippen molar-refractivity contribution in [2.24, 2.45) is 5.92 Å². The van der Waals surface area contributed by atoms with Gasteiger partial charge in [0.15, 0.2) is 0 Å². The van der Waals surface area contributed by atoms with E-state index in [1.807, 2.05) is 0 Å². The van der Waals surface area contributed by atoms with Gasteiger partial charge in [-0.25, -0.2) is 0 Å². The Bertz CT molecular complexity index is 235. The van der Waals surface area contributed by atoms with Crippen LogP contribution in [0.15, 0.2) is 22.8 Å². The zero-order valence-corrected chi connectivity index (χ0v) is 14.2. The van der Waals surface area contributed by atoms with Crippen LogP contribution in [0.2, 0.25) is 0 Å². The monoisotopic (exact) mass is 252 g/mol. The van der Waals surface area contributed by atoms with Crippen LogP contribution < -0.4 is 0 Å². The average molecular weight is 252 g/mol. The summed E-state index contributed by atoms with van der Waals surface area (Å²) in [5.41, 5.74) is 4.15. The highest BCUT2D eigenvalue weighted by molar-refractivity contribution is 5.23. The molecule has 0 saturated heterocycles. The van der Waals surface area contributed by atoms with Crippen molar-refractivity contribution in [2.75, 3.05) is 0 Å². The van der Waals surface area contributed by atoms with E-state index in [4.69, 9.17) is 0 Å². The van der Waals surface area contributed by atoms with Gasteiger partial charge in [0.2, 0.25) is 0 Å². The molecule has 0 amide bonds. The first kappa shape index (κ1) is 19.8. The Kier molecular flexibility index (Phi) is 14.2. The molecule has 0 heteroatoms. The Morgan fingerprint density at radius 2 is 1.44 bits per heavy atom. The second kappa shape index (κ2) is 12.9. The largest absolute Gasteiger partial charge is 0.0762 e. The van der Waals surface area contributed by atoms with Crippen molar-refractivity contribution in [3.05, 3.63) is 22.8 Å². The molecule has 0 aromatic heterocycles. The molecule has 0 aliphatic carbocycles. The standard InChI is InChI=1S/C9H16.C9H20/c1-7(2)6-9(5)8(3)4;1-4-6-8-9(3)7-5-2/h6H,1-5H3;9H,4-8H2,1-3H3. The molecular weight excluding hydrogens is 216 g/mol. The molecule has 0 nitrogen and oxygen atoms in total. The van der Waals surface area contributed by atoms with Crippen molar-refractivity contribution in [3.63, 3.8) is 0 Å². The predicted molar refractivity (Wildman–Crippen MR) is 87.1 cm³/mol. The summed E-state index contributed by atoms with van der Waals surface area (Å²) in [4.78, 5) is 0. The van der Waals surface area contributed by atoms with Crippen LogP contribution in [-0.4, -0.2) is 0 Å². The third-order valence-corrected chi connectivity index (χ3v) is 3.13. The van der Waals surface area contributed by atoms with Crippen LogP contribution in [0, 0.1) is 5.92 Å². The molecule has 0 aromatic carbocycles. The summed E-state index contributed by atoms with van der Waals surface area (Å²) in [6.45, 7) is 17.5. The van der Waals surface area contributed by atoms with Crippen LogP contribution in [0.4, 0.5) is 0 Å². The van der Waals surface area contributed by atoms with Crippen molar-refractivity contribution < 1.29 is 0 Å². The van der Waals surface area contributed by atoms with E-state index < -0.39 is 0 Å². The zero-order chi connectivity index (χ0) is 14.6. The molecule has 0 fully saturated rings. The van der Waals surface area contributed by atoms with Gasteiger partial charge >= 0.3 is 0 Å². The molecule has 0 saturated carbocycles. The van der Waals surface area contributed by atoms with E-state index in [1.54, 1.807) is 0 Å². The normalized spacial score (nSPS) is 11.1. The second-order valence-electron chi connectivity index (χ2n) is 5.94. The molecule has 0 aromatic rings. The van der Waals surface area contributed by atoms with E-state index in [1.165, 1.54) is 48.8 Å². The van der Waals surface area contributed by atoms with Gasteiger partial charge in [-0.1, -0.05) is 75.7 Å². The summed E-state index contributed by atoms with van der Waals surface area (Å²) in [6.07, 6.45) is 9.18. The average Bonchev–Trinajstić information content (AvgIpc) is 2.26. The lowest BCUT2D eigenvalue weighted by Gasteiger charge is -2.07. The lowest BCUT2D eigenvalue weighted by Crippen LogP contribution is -1.92. The van der Waals surface area contributed by atoms with Crippen molar-refractivity contribution in [2.45, 2.75) is 87.5 Å². The zero-order valence-electron chi connectivity index (χ0n) is 14.2. The molecular formula is C18H36. The quantitative estimate of drug-likeness (QED) is 0.450. The van der Waals surface area contributed by atoms with E-state index >= 15 is 0 Å². The Morgan fingerprint density at radius 1 is 0.889 bits per heavy atom. The van der Waals surface area contributed by atoms with Gasteiger partial charge in [-0.05, 0) is 40.5 Å². The summed E-state index contributed by atoms with van der Waals surface area (Å²) in [6, 6.07) is 0. The number of allylic oxidation sites excluding steroid dienone is 4. The SMILES string of the molecule is CC(C)=CC(C)=C(C)C.CCCCC(C)CCC. The van der Waals surface area contributed by atoms with Crippen LogP contribution >= 0.6 is 0 Å². The highest BCUT2D eigenvalue weighted by Crippen LogP contribution is 2.12. The van der Waals surface area contributed by atoms with Gasteiger partial charge in [-0.2, -0.15) is 0 Å². The molecule has 18 heavy (non-hydrogen) atoms. The number of unbranched alkanes of at least 4 members (excludes halogenated alkanes) is 1. The molecule has 108 valence electrons. The van der Waals surface area contributed by atoms with Crippen LogP contribution in [0.3, 0.4) is 0 Å². The summed E-state index contributed by atoms with van der Waals surface area (Å²) in [5, 5.41) is 0. The fraction of sp³-hybridized carbons (Fsp3) is 0.778. The van der Waals surface area contributed by atoms with E-state index in [-0.39, 0.29) is 0 Å². The Hall–Kier alpha value is -0.520. The molecule has 0 aliphatic rings. The van der Waals surface area contributed by atoms with Crippen LogP contribution in [0.5, 0.6) is 0 Å². The molecule has 0 N–H and O–H groups in total. The smallest absolute Gasteiger partial charge is 0.0398 e. The Labute approximate surface area is 117 Å². The molecule has 0 heterocycles. The van der Waals surface area contributed by atoms with Gasteiger partial charge in [0.05, 0.1) is 0 Å². The number of hydrogen-bond acceptors (Lipinski definition) is 0. The third-order valence-electron chi connectivity index (χ3n) is 3.13. The molecule has 1 atom stereocenters. The minimum absolute atomic E-state index is 0.968. The first-order valence-electron chi connectivity index (χ1n) is 7.64. The summed E-state index contributed by atoms with van der Waals surface area (Å²) < 4.78 is 0. The maximum atomic E-state index is 2.36. The maximum Gasteiger partial charge on any atom is -0.0398 e. The minimum atomic E-state index is 0.968. The van der Waals surface area contributed by atoms with Crippen LogP contribution in [-0.2, 0) is 0 Å². The van der Waals surface area contributed by atoms with E-state index in [9.17, 15) is 0 Å². The fourth-order valence-electron chi connectivity index (χ4n) is 1.77. The Morgan fingerprint density at radius 3 is 1.72 bits per heavy atom. The number of rotatable bonds is 6. The van der Waals surface area contributed by atoms with Crippen molar-refractivity contribution in [1.82, 2.24) is 0 Å². The second-order valence-corrected chi connectivity index (χ2v) is 5.94. The molecule has 0 spiro atoms. The van der Waals surface area contributed by atoms with Gasteiger partial charge in [0.1, 0.15) is 0 Å². The first-order valence-corrected chi connectivity index (χ1v) is 7.64. The topological polar surface area (TPSA) is 0 Å². The van der Waals surface area contributed by atoms with Gasteiger partial charge in [-0.3, -0.25) is 0 Å². The van der Waals surface area contributed by atoms with E-state index in [0.717, 1.165) is 5.92 Å². The highest BCUT2D eigenvalue weighted by atomic mass is 14.0. The fourth-order valence-corrected chi connectivity index (χ4v) is 1.77. The van der Waals surface area contributed by atoms with E-state index in [2.05, 4.69) is 61.5 Å². The molecule has 0 rings (SSSR count). The van der Waals surface area contributed by atoms with Gasteiger partial charge < -0.3 is 0 Å². The van der Waals surface area contributed by atoms with Crippen LogP contribution in [0.25, 0.3) is 0 Å². The minimum Gasteiger partial charge on any atom is -0.0762 e. The number of hydrogen-bond donors (Lipinski definition) is 0. The first-order chi connectivity index (χ1) is 8.34. The summed E-state index contributed by atoms with van der Waals surface area (Å²) in [7, 11) is 0. The van der Waals surface area contributed by atoms with Gasteiger partial charge in [0, 0.05) is 0 Å². The lowest BCUT2D eigenvalue weighted by molar-refractivity contribution is 0.466.